The van der Waals surface area contributed by atoms with Crippen LogP contribution in [0.4, 0.5) is 0 Å². The predicted octanol–water partition coefficient (Wildman–Crippen LogP) is -0.105. The van der Waals surface area contributed by atoms with Crippen molar-refractivity contribution in [2.75, 3.05) is 20.1 Å². The Bertz CT molecular complexity index is 146. The summed E-state index contributed by atoms with van der Waals surface area (Å²) in [5.74, 6) is 1.59. The van der Waals surface area contributed by atoms with Gasteiger partial charge in [0.15, 0.2) is 0 Å². The highest BCUT2D eigenvalue weighted by Gasteiger charge is 2.63. The van der Waals surface area contributed by atoms with Crippen molar-refractivity contribution in [3.8, 4) is 0 Å². The third-order valence-corrected chi connectivity index (χ3v) is 3.08. The molecule has 2 nitrogen and oxygen atoms in total. The van der Waals surface area contributed by atoms with Crippen molar-refractivity contribution in [3.63, 3.8) is 0 Å². The highest BCUT2D eigenvalue weighted by atomic mass is 15.2. The fraction of sp³-hybridized carbons (Fsp3) is 1.00. The van der Waals surface area contributed by atoms with E-state index in [1.807, 2.05) is 0 Å². The van der Waals surface area contributed by atoms with E-state index in [2.05, 4.69) is 18.9 Å². The molecule has 0 radical (unpaired) electrons. The molecule has 52 valence electrons. The van der Waals surface area contributed by atoms with Gasteiger partial charge in [0.1, 0.15) is 0 Å². The number of piperidine rings is 1. The van der Waals surface area contributed by atoms with Crippen LogP contribution in [0.5, 0.6) is 0 Å². The van der Waals surface area contributed by atoms with Crippen LogP contribution >= 0.6 is 0 Å². The van der Waals surface area contributed by atoms with Crippen molar-refractivity contribution in [1.29, 1.82) is 0 Å². The molecule has 2 N–H and O–H groups in total. The fourth-order valence-corrected chi connectivity index (χ4v) is 2.21. The third-order valence-electron chi connectivity index (χ3n) is 3.08. The van der Waals surface area contributed by atoms with Crippen LogP contribution in [0.1, 0.15) is 6.92 Å². The van der Waals surface area contributed by atoms with Gasteiger partial charge in [-0.2, -0.15) is 0 Å². The number of nitrogens with two attached hydrogens (primary N) is 1. The van der Waals surface area contributed by atoms with E-state index in [1.54, 1.807) is 0 Å². The Morgan fingerprint density at radius 1 is 1.67 bits per heavy atom. The van der Waals surface area contributed by atoms with Crippen LogP contribution in [0.2, 0.25) is 0 Å². The Balaban J connectivity index is 2.12. The van der Waals surface area contributed by atoms with Crippen molar-refractivity contribution in [1.82, 2.24) is 4.90 Å². The molecule has 2 heteroatoms. The van der Waals surface area contributed by atoms with Crippen LogP contribution in [0.25, 0.3) is 0 Å². The van der Waals surface area contributed by atoms with Crippen LogP contribution in [0, 0.1) is 11.8 Å². The summed E-state index contributed by atoms with van der Waals surface area (Å²) in [5.41, 5.74) is 6.26. The Hall–Kier alpha value is -0.0800. The maximum atomic E-state index is 6.04. The SMILES string of the molecule is C[C@@H]1C2CN(C)C[C@@]21N. The Morgan fingerprint density at radius 2 is 2.33 bits per heavy atom. The number of hydrogen-bond acceptors (Lipinski definition) is 2. The van der Waals surface area contributed by atoms with Crippen molar-refractivity contribution in [3.05, 3.63) is 0 Å². The van der Waals surface area contributed by atoms with Crippen molar-refractivity contribution in [2.45, 2.75) is 12.5 Å². The summed E-state index contributed by atoms with van der Waals surface area (Å²) in [6.07, 6.45) is 0. The lowest BCUT2D eigenvalue weighted by Crippen LogP contribution is -2.33. The van der Waals surface area contributed by atoms with Crippen LogP contribution in [0.3, 0.4) is 0 Å². The second-order valence-electron chi connectivity index (χ2n) is 3.70. The van der Waals surface area contributed by atoms with E-state index in [0.717, 1.165) is 18.4 Å². The second kappa shape index (κ2) is 1.32. The number of hydrogen-bond donors (Lipinski definition) is 1. The molecule has 0 aromatic carbocycles. The number of nitrogens with zero attached hydrogens (tertiary/aromatic N) is 1. The molecule has 0 spiro atoms. The van der Waals surface area contributed by atoms with Gasteiger partial charge in [0, 0.05) is 18.6 Å². The molecule has 9 heavy (non-hydrogen) atoms. The van der Waals surface area contributed by atoms with Crippen molar-refractivity contribution in [2.24, 2.45) is 17.6 Å². The molecule has 2 fully saturated rings. The van der Waals surface area contributed by atoms with Crippen LogP contribution in [-0.4, -0.2) is 30.6 Å². The highest BCUT2D eigenvalue weighted by Crippen LogP contribution is 2.52. The van der Waals surface area contributed by atoms with Crippen molar-refractivity contribution >= 4 is 0 Å². The van der Waals surface area contributed by atoms with Gasteiger partial charge in [0.05, 0.1) is 0 Å². The van der Waals surface area contributed by atoms with Gasteiger partial charge >= 0.3 is 0 Å². The second-order valence-corrected chi connectivity index (χ2v) is 3.70. The van der Waals surface area contributed by atoms with Crippen LogP contribution in [-0.2, 0) is 0 Å². The van der Waals surface area contributed by atoms with Crippen LogP contribution in [0.15, 0.2) is 0 Å². The molecule has 0 bridgehead atoms. The van der Waals surface area contributed by atoms with E-state index in [1.165, 1.54) is 6.54 Å². The highest BCUT2D eigenvalue weighted by molar-refractivity contribution is 5.20. The van der Waals surface area contributed by atoms with Gasteiger partial charge in [-0.1, -0.05) is 6.92 Å². The number of rotatable bonds is 0. The molecule has 1 unspecified atom stereocenters. The number of fused-ring (bicyclic) bond motifs is 1. The fourth-order valence-electron chi connectivity index (χ4n) is 2.21. The maximum absolute atomic E-state index is 6.04. The molecular weight excluding hydrogens is 112 g/mol. The normalized spacial score (nSPS) is 57.7. The maximum Gasteiger partial charge on any atom is 0.0357 e. The minimum atomic E-state index is 0.217. The smallest absolute Gasteiger partial charge is 0.0357 e. The zero-order valence-electron chi connectivity index (χ0n) is 6.09. The van der Waals surface area contributed by atoms with Gasteiger partial charge in [-0.05, 0) is 18.9 Å². The van der Waals surface area contributed by atoms with Gasteiger partial charge in [-0.15, -0.1) is 0 Å². The van der Waals surface area contributed by atoms with Gasteiger partial charge in [-0.25, -0.2) is 0 Å². The molecule has 1 saturated heterocycles. The van der Waals surface area contributed by atoms with E-state index in [4.69, 9.17) is 5.73 Å². The Morgan fingerprint density at radius 3 is 2.67 bits per heavy atom. The molecular formula is C7H14N2. The van der Waals surface area contributed by atoms with Gasteiger partial charge in [0.2, 0.25) is 0 Å². The van der Waals surface area contributed by atoms with Gasteiger partial charge < -0.3 is 10.6 Å². The standard InChI is InChI=1S/C7H14N2/c1-5-6-3-9(2)4-7(5,6)8/h5-6H,3-4,8H2,1-2H3/t5-,6?,7+/m1/s1. The van der Waals surface area contributed by atoms with E-state index >= 15 is 0 Å². The predicted molar refractivity (Wildman–Crippen MR) is 37.1 cm³/mol. The van der Waals surface area contributed by atoms with E-state index in [9.17, 15) is 0 Å². The molecule has 0 amide bonds. The number of likely N-dealkylation sites (N-methyl/N-ethyl adjacent to an activating group) is 1. The van der Waals surface area contributed by atoms with E-state index in [0.29, 0.717) is 0 Å². The first-order valence-electron chi connectivity index (χ1n) is 3.62. The minimum absolute atomic E-state index is 0.217. The zero-order chi connectivity index (χ0) is 6.65. The monoisotopic (exact) mass is 126 g/mol. The summed E-state index contributed by atoms with van der Waals surface area (Å²) >= 11 is 0. The summed E-state index contributed by atoms with van der Waals surface area (Å²) in [7, 11) is 2.15. The van der Waals surface area contributed by atoms with Gasteiger partial charge in [-0.3, -0.25) is 0 Å². The number of likely N-dealkylation sites (tertiary alicyclic amines) is 1. The molecule has 2 rings (SSSR count). The molecule has 1 saturated carbocycles. The molecule has 1 aliphatic heterocycles. The van der Waals surface area contributed by atoms with Gasteiger partial charge in [0.25, 0.3) is 0 Å². The Kier molecular flexibility index (Phi) is 0.837. The molecule has 1 heterocycles. The minimum Gasteiger partial charge on any atom is -0.323 e. The summed E-state index contributed by atoms with van der Waals surface area (Å²) in [5, 5.41) is 0. The topological polar surface area (TPSA) is 29.3 Å². The third kappa shape index (κ3) is 0.528. The average Bonchev–Trinajstić information content (AvgIpc) is 2.23. The summed E-state index contributed by atoms with van der Waals surface area (Å²) in [6.45, 7) is 4.59. The lowest BCUT2D eigenvalue weighted by Gasteiger charge is -2.13. The summed E-state index contributed by atoms with van der Waals surface area (Å²) in [4.78, 5) is 2.32. The summed E-state index contributed by atoms with van der Waals surface area (Å²) < 4.78 is 0. The van der Waals surface area contributed by atoms with E-state index in [-0.39, 0.29) is 5.54 Å². The molecule has 2 aliphatic rings. The first kappa shape index (κ1) is 5.69. The molecule has 3 atom stereocenters. The molecule has 0 aromatic heterocycles. The van der Waals surface area contributed by atoms with Crippen molar-refractivity contribution < 1.29 is 0 Å². The first-order valence-corrected chi connectivity index (χ1v) is 3.62. The summed E-state index contributed by atoms with van der Waals surface area (Å²) in [6, 6.07) is 0. The lowest BCUT2D eigenvalue weighted by molar-refractivity contribution is 0.339. The zero-order valence-corrected chi connectivity index (χ0v) is 6.09. The Labute approximate surface area is 56.0 Å². The lowest BCUT2D eigenvalue weighted by atomic mass is 10.2. The molecule has 0 aromatic rings. The quantitative estimate of drug-likeness (QED) is 0.491. The largest absolute Gasteiger partial charge is 0.323 e. The first-order chi connectivity index (χ1) is 4.14. The van der Waals surface area contributed by atoms with Crippen LogP contribution < -0.4 is 5.73 Å². The van der Waals surface area contributed by atoms with E-state index < -0.39 is 0 Å². The average molecular weight is 126 g/mol. The molecule has 1 aliphatic carbocycles.